The van der Waals surface area contributed by atoms with E-state index in [9.17, 15) is 19.2 Å². The normalized spacial score (nSPS) is 32.0. The Hall–Kier alpha value is -5.90. The first kappa shape index (κ1) is 27.8. The summed E-state index contributed by atoms with van der Waals surface area (Å²) < 4.78 is 0. The lowest BCUT2D eigenvalue weighted by Crippen LogP contribution is -2.29. The van der Waals surface area contributed by atoms with Gasteiger partial charge in [-0.2, -0.15) is 0 Å². The van der Waals surface area contributed by atoms with Crippen LogP contribution in [0.5, 0.6) is 0 Å². The van der Waals surface area contributed by atoms with Crippen molar-refractivity contribution in [3.63, 3.8) is 0 Å². The molecular formula is C42H28N6O4. The number of carbonyl (C=O) groups is 4. The molecule has 2 aliphatic heterocycles. The quantitative estimate of drug-likeness (QED) is 0.279. The SMILES string of the molecule is O=C1CC2C=CC1C1=C2c2nc1cc1[nH]c(cc3[nH]c(nc4nc(n2)C2=C4C4C=CC2C(=O)C4)c2c3C3C=C[C@H]2C(=O)C3)c2c1[C@H]1C=CC2C(=O)C1. The van der Waals surface area contributed by atoms with Crippen LogP contribution in [-0.4, -0.2) is 53.0 Å². The van der Waals surface area contributed by atoms with Crippen molar-refractivity contribution in [1.29, 1.82) is 0 Å². The number of hydrogen-bond acceptors (Lipinski definition) is 8. The molecule has 0 fully saturated rings. The zero-order valence-electron chi connectivity index (χ0n) is 27.6. The number of nitrogens with zero attached hydrogens (tertiary/aromatic N) is 4. The Balaban J connectivity index is 1.20. The minimum absolute atomic E-state index is 0.0778. The Bertz CT molecular complexity index is 2790. The number of hydrogen-bond donors (Lipinski definition) is 2. The van der Waals surface area contributed by atoms with Gasteiger partial charge >= 0.3 is 0 Å². The molecule has 10 heteroatoms. The molecule has 12 aliphatic carbocycles. The van der Waals surface area contributed by atoms with E-state index in [4.69, 9.17) is 19.9 Å². The van der Waals surface area contributed by atoms with Gasteiger partial charge in [-0.05, 0) is 34.4 Å². The molecule has 250 valence electrons. The van der Waals surface area contributed by atoms with Gasteiger partial charge in [-0.25, -0.2) is 19.9 Å². The van der Waals surface area contributed by atoms with Gasteiger partial charge < -0.3 is 9.97 Å². The third-order valence-corrected chi connectivity index (χ3v) is 13.2. The Morgan fingerprint density at radius 1 is 0.423 bits per heavy atom. The maximum Gasteiger partial charge on any atom is 0.161 e. The van der Waals surface area contributed by atoms with E-state index in [1.807, 2.05) is 30.4 Å². The van der Waals surface area contributed by atoms with Crippen LogP contribution < -0.4 is 0 Å². The molecule has 10 nitrogen and oxygen atoms in total. The molecule has 0 aromatic carbocycles. The third-order valence-electron chi connectivity index (χ3n) is 13.2. The highest BCUT2D eigenvalue weighted by atomic mass is 16.1. The highest BCUT2D eigenvalue weighted by molar-refractivity contribution is 6.12. The lowest BCUT2D eigenvalue weighted by Gasteiger charge is -2.31. The van der Waals surface area contributed by atoms with Crippen molar-refractivity contribution < 1.29 is 19.2 Å². The van der Waals surface area contributed by atoms with Gasteiger partial charge in [0.15, 0.2) is 17.5 Å². The lowest BCUT2D eigenvalue weighted by molar-refractivity contribution is -0.121. The standard InChI is InChI=1S/C42H28N6O4/c49-27-9-15-1-5-19(27)35-25-14-24-32-16-2-7-21(29(51)10-16)37(32)41(44-24)47-40-34-18-4-8-22(30(52)12-18)38(34)42(48-40)46-39-33-17-3-6-20(28(50)11-17)36(33)26(45-39)13-23(43-25)31(15)35/h1-8,13-22,43H,9-12H2,(H,44,45,46,47,48)/t15-,16?,17?,18?,19?,20?,21-,22?/m0/s1. The highest BCUT2D eigenvalue weighted by Gasteiger charge is 2.46. The average molecular weight is 681 g/mol. The van der Waals surface area contributed by atoms with Crippen molar-refractivity contribution in [3.05, 3.63) is 106 Å². The fraction of sp³-hybridized carbons (Fsp3) is 0.286. The zero-order chi connectivity index (χ0) is 34.3. The van der Waals surface area contributed by atoms with Crippen LogP contribution in [0.4, 0.5) is 0 Å². The van der Waals surface area contributed by atoms with Crippen LogP contribution in [0, 0.1) is 23.7 Å². The predicted octanol–water partition coefficient (Wildman–Crippen LogP) is 5.90. The molecule has 17 rings (SSSR count). The molecule has 0 saturated heterocycles. The van der Waals surface area contributed by atoms with E-state index in [0.29, 0.717) is 54.5 Å². The fourth-order valence-electron chi connectivity index (χ4n) is 11.0. The third kappa shape index (κ3) is 3.28. The van der Waals surface area contributed by atoms with E-state index in [-0.39, 0.29) is 52.7 Å². The second-order valence-electron chi connectivity index (χ2n) is 15.8. The van der Waals surface area contributed by atoms with Crippen molar-refractivity contribution in [2.24, 2.45) is 23.7 Å². The molecule has 0 radical (unpaired) electrons. The smallest absolute Gasteiger partial charge is 0.161 e. The monoisotopic (exact) mass is 680 g/mol. The number of fused-ring (bicyclic) bond motifs is 12. The number of aromatic nitrogens is 6. The van der Waals surface area contributed by atoms with Gasteiger partial charge in [0.2, 0.25) is 0 Å². The van der Waals surface area contributed by atoms with Gasteiger partial charge in [0.1, 0.15) is 28.8 Å². The van der Waals surface area contributed by atoms with Gasteiger partial charge in [-0.1, -0.05) is 48.6 Å². The predicted molar refractivity (Wildman–Crippen MR) is 190 cm³/mol. The number of nitrogens with one attached hydrogen (secondary N) is 2. The van der Waals surface area contributed by atoms with Crippen molar-refractivity contribution >= 4 is 67.6 Å². The number of aromatic amines is 2. The summed E-state index contributed by atoms with van der Waals surface area (Å²) >= 11 is 0. The summed E-state index contributed by atoms with van der Waals surface area (Å²) in [7, 11) is 0. The average Bonchev–Trinajstić information content (AvgIpc) is 3.90. The summed E-state index contributed by atoms with van der Waals surface area (Å²) in [5.74, 6) is -0.0561. The van der Waals surface area contributed by atoms with Crippen molar-refractivity contribution in [2.45, 2.75) is 49.4 Å². The molecule has 3 aromatic heterocycles. The topological polar surface area (TPSA) is 151 Å². The Morgan fingerprint density at radius 3 is 1.58 bits per heavy atom. The van der Waals surface area contributed by atoms with E-state index in [2.05, 4.69) is 40.3 Å². The minimum Gasteiger partial charge on any atom is -0.355 e. The number of H-pyrrole nitrogens is 2. The van der Waals surface area contributed by atoms with Crippen LogP contribution in [0.1, 0.15) is 94.8 Å². The van der Waals surface area contributed by atoms with Crippen molar-refractivity contribution in [3.8, 4) is 0 Å². The Morgan fingerprint density at radius 2 is 0.904 bits per heavy atom. The zero-order valence-corrected chi connectivity index (χ0v) is 27.6. The first-order valence-corrected chi connectivity index (χ1v) is 18.3. The molecule has 5 heterocycles. The molecule has 0 spiro atoms. The second kappa shape index (κ2) is 9.11. The Kier molecular flexibility index (Phi) is 4.87. The van der Waals surface area contributed by atoms with Crippen LogP contribution in [0.15, 0.2) is 60.7 Å². The second-order valence-corrected chi connectivity index (χ2v) is 15.8. The van der Waals surface area contributed by atoms with E-state index in [1.165, 1.54) is 0 Å². The summed E-state index contributed by atoms with van der Waals surface area (Å²) in [4.78, 5) is 81.6. The van der Waals surface area contributed by atoms with Crippen LogP contribution >= 0.6 is 0 Å². The molecule has 2 N–H and O–H groups in total. The van der Waals surface area contributed by atoms with E-state index >= 15 is 0 Å². The first-order valence-electron chi connectivity index (χ1n) is 18.3. The van der Waals surface area contributed by atoms with Gasteiger partial charge in [0, 0.05) is 88.2 Å². The number of Topliss-reactive ketones (excluding diaryl/α,β-unsaturated/α-hetero) is 4. The molecule has 8 atom stereocenters. The molecule has 14 aliphatic rings. The first-order chi connectivity index (χ1) is 25.4. The van der Waals surface area contributed by atoms with Crippen molar-refractivity contribution in [2.75, 3.05) is 0 Å². The maximum atomic E-state index is 13.4. The van der Waals surface area contributed by atoms with E-state index in [1.54, 1.807) is 0 Å². The molecule has 16 bridgehead atoms. The van der Waals surface area contributed by atoms with Crippen LogP contribution in [0.2, 0.25) is 0 Å². The fourth-order valence-corrected chi connectivity index (χ4v) is 11.0. The molecule has 3 aromatic rings. The highest BCUT2D eigenvalue weighted by Crippen LogP contribution is 2.54. The van der Waals surface area contributed by atoms with E-state index in [0.717, 1.165) is 61.1 Å². The van der Waals surface area contributed by atoms with Crippen LogP contribution in [0.3, 0.4) is 0 Å². The van der Waals surface area contributed by atoms with Gasteiger partial charge in [0.05, 0.1) is 29.4 Å². The number of rotatable bonds is 0. The largest absolute Gasteiger partial charge is 0.355 e. The molecule has 0 amide bonds. The molecular weight excluding hydrogens is 653 g/mol. The Labute approximate surface area is 295 Å². The number of allylic oxidation sites excluding steroid dienone is 12. The maximum absolute atomic E-state index is 13.4. The van der Waals surface area contributed by atoms with E-state index < -0.39 is 17.8 Å². The van der Waals surface area contributed by atoms with Crippen LogP contribution in [0.25, 0.3) is 44.5 Å². The summed E-state index contributed by atoms with van der Waals surface area (Å²) in [6.45, 7) is 0. The minimum atomic E-state index is -0.469. The summed E-state index contributed by atoms with van der Waals surface area (Å²) in [6, 6.07) is 4.13. The molecule has 0 saturated carbocycles. The summed E-state index contributed by atoms with van der Waals surface area (Å²) in [5, 5.41) is 0. The van der Waals surface area contributed by atoms with Gasteiger partial charge in [-0.15, -0.1) is 0 Å². The number of carbonyl (C=O) groups excluding carboxylic acids is 4. The lowest BCUT2D eigenvalue weighted by atomic mass is 9.70. The van der Waals surface area contributed by atoms with Gasteiger partial charge in [0.25, 0.3) is 0 Å². The summed E-state index contributed by atoms with van der Waals surface area (Å²) in [5.41, 5.74) is 11.3. The molecule has 6 unspecified atom stereocenters. The van der Waals surface area contributed by atoms with Crippen molar-refractivity contribution in [1.82, 2.24) is 29.9 Å². The number of ketones is 4. The van der Waals surface area contributed by atoms with Gasteiger partial charge in [-0.3, -0.25) is 19.2 Å². The van der Waals surface area contributed by atoms with Crippen LogP contribution in [-0.2, 0) is 19.2 Å². The molecule has 52 heavy (non-hydrogen) atoms. The summed E-state index contributed by atoms with van der Waals surface area (Å²) in [6.07, 6.45) is 18.1.